The minimum absolute atomic E-state index is 0.191. The first-order valence-electron chi connectivity index (χ1n) is 8.28. The van der Waals surface area contributed by atoms with Crippen LogP contribution in [0.15, 0.2) is 53.7 Å². The Kier molecular flexibility index (Phi) is 5.30. The van der Waals surface area contributed by atoms with Crippen molar-refractivity contribution in [1.29, 1.82) is 0 Å². The Morgan fingerprint density at radius 1 is 1.12 bits per heavy atom. The molecule has 1 unspecified atom stereocenters. The van der Waals surface area contributed by atoms with Gasteiger partial charge in [-0.2, -0.15) is 0 Å². The molecule has 1 aliphatic rings. The van der Waals surface area contributed by atoms with E-state index < -0.39 is 6.04 Å². The zero-order chi connectivity index (χ0) is 18.8. The van der Waals surface area contributed by atoms with E-state index >= 15 is 0 Å². The SMILES string of the molecule is CC1=C(C(=O)Nc2cccc(C)c2C)C(c2ccccc2Cl)NC(=S)N1. The smallest absolute Gasteiger partial charge is 0.255 e. The topological polar surface area (TPSA) is 53.2 Å². The molecule has 2 aromatic carbocycles. The highest BCUT2D eigenvalue weighted by Crippen LogP contribution is 2.32. The van der Waals surface area contributed by atoms with Gasteiger partial charge in [0.25, 0.3) is 5.91 Å². The maximum atomic E-state index is 13.1. The second-order valence-electron chi connectivity index (χ2n) is 6.29. The van der Waals surface area contributed by atoms with Crippen molar-refractivity contribution in [2.45, 2.75) is 26.8 Å². The van der Waals surface area contributed by atoms with E-state index in [-0.39, 0.29) is 5.91 Å². The molecule has 0 saturated heterocycles. The van der Waals surface area contributed by atoms with E-state index in [0.29, 0.717) is 21.4 Å². The third-order valence-electron chi connectivity index (χ3n) is 4.58. The molecule has 0 radical (unpaired) electrons. The lowest BCUT2D eigenvalue weighted by Gasteiger charge is -2.31. The van der Waals surface area contributed by atoms with Crippen LogP contribution in [-0.2, 0) is 4.79 Å². The van der Waals surface area contributed by atoms with Gasteiger partial charge in [-0.1, -0.05) is 41.9 Å². The summed E-state index contributed by atoms with van der Waals surface area (Å²) in [6, 6.07) is 12.9. The van der Waals surface area contributed by atoms with Crippen molar-refractivity contribution in [2.24, 2.45) is 0 Å². The van der Waals surface area contributed by atoms with Crippen LogP contribution in [0.4, 0.5) is 5.69 Å². The summed E-state index contributed by atoms with van der Waals surface area (Å²) < 4.78 is 0. The van der Waals surface area contributed by atoms with Gasteiger partial charge >= 0.3 is 0 Å². The van der Waals surface area contributed by atoms with Crippen LogP contribution in [0.2, 0.25) is 5.02 Å². The first-order chi connectivity index (χ1) is 12.4. The Morgan fingerprint density at radius 3 is 2.58 bits per heavy atom. The van der Waals surface area contributed by atoms with Crippen LogP contribution < -0.4 is 16.0 Å². The number of anilines is 1. The monoisotopic (exact) mass is 385 g/mol. The van der Waals surface area contributed by atoms with Crippen LogP contribution in [0.5, 0.6) is 0 Å². The van der Waals surface area contributed by atoms with Gasteiger partial charge in [-0.05, 0) is 61.8 Å². The molecule has 3 N–H and O–H groups in total. The van der Waals surface area contributed by atoms with Crippen LogP contribution in [0.1, 0.15) is 29.7 Å². The van der Waals surface area contributed by atoms with Crippen molar-refractivity contribution in [2.75, 3.05) is 5.32 Å². The number of hydrogen-bond donors (Lipinski definition) is 3. The number of hydrogen-bond acceptors (Lipinski definition) is 2. The molecule has 134 valence electrons. The lowest BCUT2D eigenvalue weighted by molar-refractivity contribution is -0.113. The van der Waals surface area contributed by atoms with Crippen LogP contribution in [0.25, 0.3) is 0 Å². The number of thiocarbonyl (C=S) groups is 1. The number of amides is 1. The average molecular weight is 386 g/mol. The third-order valence-corrected chi connectivity index (χ3v) is 5.15. The van der Waals surface area contributed by atoms with Crippen molar-refractivity contribution >= 4 is 40.5 Å². The van der Waals surface area contributed by atoms with Gasteiger partial charge < -0.3 is 16.0 Å². The molecule has 4 nitrogen and oxygen atoms in total. The first kappa shape index (κ1) is 18.4. The van der Waals surface area contributed by atoms with Gasteiger partial charge in [0.2, 0.25) is 0 Å². The summed E-state index contributed by atoms with van der Waals surface area (Å²) in [7, 11) is 0. The van der Waals surface area contributed by atoms with E-state index in [0.717, 1.165) is 22.4 Å². The third kappa shape index (κ3) is 3.59. The summed E-state index contributed by atoms with van der Waals surface area (Å²) in [4.78, 5) is 13.1. The predicted molar refractivity (Wildman–Crippen MR) is 110 cm³/mol. The Bertz CT molecular complexity index is 923. The second-order valence-corrected chi connectivity index (χ2v) is 7.11. The molecule has 1 heterocycles. The predicted octanol–water partition coefficient (Wildman–Crippen LogP) is 4.39. The number of nitrogens with one attached hydrogen (secondary N) is 3. The van der Waals surface area contributed by atoms with Crippen LogP contribution in [0, 0.1) is 13.8 Å². The summed E-state index contributed by atoms with van der Waals surface area (Å²) in [6.45, 7) is 5.85. The minimum atomic E-state index is -0.414. The van der Waals surface area contributed by atoms with E-state index in [1.165, 1.54) is 0 Å². The molecule has 6 heteroatoms. The highest BCUT2D eigenvalue weighted by molar-refractivity contribution is 7.80. The number of halogens is 1. The van der Waals surface area contributed by atoms with E-state index in [9.17, 15) is 4.79 Å². The molecule has 0 fully saturated rings. The maximum absolute atomic E-state index is 13.1. The summed E-state index contributed by atoms with van der Waals surface area (Å²) in [5.74, 6) is -0.191. The summed E-state index contributed by atoms with van der Waals surface area (Å²) in [5, 5.41) is 10.3. The number of allylic oxidation sites excluding steroid dienone is 1. The summed E-state index contributed by atoms with van der Waals surface area (Å²) in [5.41, 5.74) is 5.04. The molecule has 0 saturated carbocycles. The van der Waals surface area contributed by atoms with Gasteiger partial charge in [-0.15, -0.1) is 0 Å². The number of carbonyl (C=O) groups is 1. The number of benzene rings is 2. The summed E-state index contributed by atoms with van der Waals surface area (Å²) >= 11 is 11.7. The van der Waals surface area contributed by atoms with E-state index in [4.69, 9.17) is 23.8 Å². The fourth-order valence-corrected chi connectivity index (χ4v) is 3.53. The molecule has 2 aromatic rings. The standard InChI is InChI=1S/C20H20ClN3OS/c1-11-7-6-10-16(12(11)2)23-19(25)17-13(3)22-20(26)24-18(17)14-8-4-5-9-15(14)21/h4-10,18H,1-3H3,(H,23,25)(H2,22,24,26). The molecule has 3 rings (SSSR count). The fourth-order valence-electron chi connectivity index (χ4n) is 3.01. The van der Waals surface area contributed by atoms with Gasteiger partial charge in [-0.3, -0.25) is 4.79 Å². The lowest BCUT2D eigenvalue weighted by Crippen LogP contribution is -2.45. The van der Waals surface area contributed by atoms with Crippen molar-refractivity contribution in [1.82, 2.24) is 10.6 Å². The Morgan fingerprint density at radius 2 is 1.85 bits per heavy atom. The molecule has 1 aliphatic heterocycles. The molecule has 0 bridgehead atoms. The molecule has 0 spiro atoms. The maximum Gasteiger partial charge on any atom is 0.255 e. The van der Waals surface area contributed by atoms with Crippen molar-refractivity contribution in [3.63, 3.8) is 0 Å². The van der Waals surface area contributed by atoms with E-state index in [1.54, 1.807) is 6.07 Å². The number of rotatable bonds is 3. The molecule has 26 heavy (non-hydrogen) atoms. The van der Waals surface area contributed by atoms with E-state index in [2.05, 4.69) is 16.0 Å². The zero-order valence-corrected chi connectivity index (χ0v) is 16.4. The van der Waals surface area contributed by atoms with Gasteiger partial charge in [-0.25, -0.2) is 0 Å². The van der Waals surface area contributed by atoms with Crippen molar-refractivity contribution in [3.05, 3.63) is 75.4 Å². The van der Waals surface area contributed by atoms with Gasteiger partial charge in [0, 0.05) is 16.4 Å². The first-order valence-corrected chi connectivity index (χ1v) is 9.07. The van der Waals surface area contributed by atoms with Crippen LogP contribution >= 0.6 is 23.8 Å². The Labute approximate surface area is 163 Å². The fraction of sp³-hybridized carbons (Fsp3) is 0.200. The van der Waals surface area contributed by atoms with Gasteiger partial charge in [0.15, 0.2) is 5.11 Å². The number of aryl methyl sites for hydroxylation is 1. The number of carbonyl (C=O) groups excluding carboxylic acids is 1. The minimum Gasteiger partial charge on any atom is -0.351 e. The zero-order valence-electron chi connectivity index (χ0n) is 14.8. The van der Waals surface area contributed by atoms with E-state index in [1.807, 2.05) is 57.2 Å². The lowest BCUT2D eigenvalue weighted by atomic mass is 9.94. The molecule has 0 aliphatic carbocycles. The summed E-state index contributed by atoms with van der Waals surface area (Å²) in [6.07, 6.45) is 0. The quantitative estimate of drug-likeness (QED) is 0.686. The Balaban J connectivity index is 2.00. The molecule has 0 aromatic heterocycles. The molecular formula is C20H20ClN3OS. The molecule has 1 atom stereocenters. The normalized spacial score (nSPS) is 16.8. The average Bonchev–Trinajstić information content (AvgIpc) is 2.58. The highest BCUT2D eigenvalue weighted by Gasteiger charge is 2.31. The van der Waals surface area contributed by atoms with Crippen molar-refractivity contribution in [3.8, 4) is 0 Å². The largest absolute Gasteiger partial charge is 0.351 e. The highest BCUT2D eigenvalue weighted by atomic mass is 35.5. The second kappa shape index (κ2) is 7.48. The van der Waals surface area contributed by atoms with Crippen LogP contribution in [-0.4, -0.2) is 11.0 Å². The van der Waals surface area contributed by atoms with Gasteiger partial charge in [0.05, 0.1) is 11.6 Å². The van der Waals surface area contributed by atoms with Crippen molar-refractivity contribution < 1.29 is 4.79 Å². The van der Waals surface area contributed by atoms with Crippen LogP contribution in [0.3, 0.4) is 0 Å². The Hall–Kier alpha value is -2.37. The van der Waals surface area contributed by atoms with Gasteiger partial charge in [0.1, 0.15) is 0 Å². The molecular weight excluding hydrogens is 366 g/mol. The molecule has 1 amide bonds.